The number of benzene rings is 2. The molecule has 0 aliphatic carbocycles. The number of nitrogens with two attached hydrogens (primary N) is 1. The zero-order valence-electron chi connectivity index (χ0n) is 12.7. The summed E-state index contributed by atoms with van der Waals surface area (Å²) >= 11 is 0. The molecule has 2 aromatic rings. The molecule has 0 saturated heterocycles. The summed E-state index contributed by atoms with van der Waals surface area (Å²) in [4.78, 5) is 2.34. The summed E-state index contributed by atoms with van der Waals surface area (Å²) in [5, 5.41) is 0. The summed E-state index contributed by atoms with van der Waals surface area (Å²) in [7, 11) is 0. The molecule has 4 nitrogen and oxygen atoms in total. The minimum atomic E-state index is 0.734. The summed E-state index contributed by atoms with van der Waals surface area (Å²) in [6, 6.07) is 15.8. The molecular formula is C18H22N2O2. The maximum Gasteiger partial charge on any atom is 0.142 e. The first-order valence-electron chi connectivity index (χ1n) is 7.78. The standard InChI is InChI=1S/C18H22N2O2/c19-15-8-9-18-17(14-15)20(11-13-22-18)10-4-5-12-21-16-6-2-1-3-7-16/h1-3,6-9,14H,4-5,10-13,19H2. The van der Waals surface area contributed by atoms with Crippen LogP contribution in [0.5, 0.6) is 11.5 Å². The van der Waals surface area contributed by atoms with Gasteiger partial charge in [-0.05, 0) is 43.2 Å². The van der Waals surface area contributed by atoms with Gasteiger partial charge in [0, 0.05) is 12.2 Å². The van der Waals surface area contributed by atoms with Crippen LogP contribution in [0, 0.1) is 0 Å². The number of hydrogen-bond donors (Lipinski definition) is 1. The lowest BCUT2D eigenvalue weighted by atomic mass is 10.2. The topological polar surface area (TPSA) is 47.7 Å². The van der Waals surface area contributed by atoms with Crippen LogP contribution in [0.15, 0.2) is 48.5 Å². The molecule has 2 N–H and O–H groups in total. The third-order valence-electron chi connectivity index (χ3n) is 3.78. The number of unbranched alkanes of at least 4 members (excludes halogenated alkanes) is 1. The second-order valence-electron chi connectivity index (χ2n) is 5.43. The van der Waals surface area contributed by atoms with Crippen LogP contribution < -0.4 is 20.1 Å². The van der Waals surface area contributed by atoms with Gasteiger partial charge < -0.3 is 20.1 Å². The van der Waals surface area contributed by atoms with Gasteiger partial charge in [0.15, 0.2) is 0 Å². The van der Waals surface area contributed by atoms with E-state index >= 15 is 0 Å². The fourth-order valence-electron chi connectivity index (χ4n) is 2.63. The number of nitrogen functional groups attached to an aromatic ring is 1. The molecule has 2 aromatic carbocycles. The van der Waals surface area contributed by atoms with Crippen molar-refractivity contribution in [3.05, 3.63) is 48.5 Å². The molecule has 0 saturated carbocycles. The van der Waals surface area contributed by atoms with Crippen molar-refractivity contribution < 1.29 is 9.47 Å². The SMILES string of the molecule is Nc1ccc2c(c1)N(CCCCOc1ccccc1)CCO2. The lowest BCUT2D eigenvalue weighted by molar-refractivity contribution is 0.297. The first kappa shape index (κ1) is 14.6. The summed E-state index contributed by atoms with van der Waals surface area (Å²) in [5.74, 6) is 1.87. The molecular weight excluding hydrogens is 276 g/mol. The molecule has 0 atom stereocenters. The third kappa shape index (κ3) is 3.64. The highest BCUT2D eigenvalue weighted by Crippen LogP contribution is 2.33. The average Bonchev–Trinajstić information content (AvgIpc) is 2.56. The van der Waals surface area contributed by atoms with E-state index in [0.29, 0.717) is 0 Å². The Morgan fingerprint density at radius 1 is 1.09 bits per heavy atom. The van der Waals surface area contributed by atoms with E-state index in [2.05, 4.69) is 4.90 Å². The molecule has 0 aromatic heterocycles. The first-order chi connectivity index (χ1) is 10.8. The number of ether oxygens (including phenoxy) is 2. The number of hydrogen-bond acceptors (Lipinski definition) is 4. The van der Waals surface area contributed by atoms with Crippen LogP contribution in [0.3, 0.4) is 0 Å². The highest BCUT2D eigenvalue weighted by atomic mass is 16.5. The number of anilines is 2. The largest absolute Gasteiger partial charge is 0.494 e. The first-order valence-corrected chi connectivity index (χ1v) is 7.78. The minimum absolute atomic E-state index is 0.734. The maximum absolute atomic E-state index is 5.88. The number of rotatable bonds is 6. The van der Waals surface area contributed by atoms with Crippen LogP contribution in [-0.2, 0) is 0 Å². The monoisotopic (exact) mass is 298 g/mol. The summed E-state index contributed by atoms with van der Waals surface area (Å²) < 4.78 is 11.4. The Bertz CT molecular complexity index is 601. The van der Waals surface area contributed by atoms with Crippen molar-refractivity contribution in [1.29, 1.82) is 0 Å². The van der Waals surface area contributed by atoms with Gasteiger partial charge in [0.25, 0.3) is 0 Å². The molecule has 3 rings (SSSR count). The highest BCUT2D eigenvalue weighted by molar-refractivity contribution is 5.65. The van der Waals surface area contributed by atoms with Crippen LogP contribution in [-0.4, -0.2) is 26.3 Å². The molecule has 0 radical (unpaired) electrons. The van der Waals surface area contributed by atoms with Gasteiger partial charge in [0.2, 0.25) is 0 Å². The smallest absolute Gasteiger partial charge is 0.142 e. The minimum Gasteiger partial charge on any atom is -0.494 e. The second-order valence-corrected chi connectivity index (χ2v) is 5.43. The average molecular weight is 298 g/mol. The Morgan fingerprint density at radius 3 is 2.82 bits per heavy atom. The van der Waals surface area contributed by atoms with Crippen LogP contribution in [0.25, 0.3) is 0 Å². The predicted octanol–water partition coefficient (Wildman–Crippen LogP) is 3.33. The molecule has 0 spiro atoms. The molecule has 1 aliphatic rings. The zero-order valence-corrected chi connectivity index (χ0v) is 12.7. The van der Waals surface area contributed by atoms with E-state index in [1.807, 2.05) is 48.5 Å². The van der Waals surface area contributed by atoms with Crippen molar-refractivity contribution in [2.75, 3.05) is 36.9 Å². The fraction of sp³-hybridized carbons (Fsp3) is 0.333. The van der Waals surface area contributed by atoms with Gasteiger partial charge in [-0.3, -0.25) is 0 Å². The van der Waals surface area contributed by atoms with Crippen molar-refractivity contribution in [1.82, 2.24) is 0 Å². The van der Waals surface area contributed by atoms with E-state index in [-0.39, 0.29) is 0 Å². The van der Waals surface area contributed by atoms with Crippen LogP contribution in [0.1, 0.15) is 12.8 Å². The quantitative estimate of drug-likeness (QED) is 0.656. The molecule has 4 heteroatoms. The zero-order chi connectivity index (χ0) is 15.2. The lowest BCUT2D eigenvalue weighted by Gasteiger charge is -2.31. The van der Waals surface area contributed by atoms with E-state index in [1.165, 1.54) is 0 Å². The van der Waals surface area contributed by atoms with E-state index in [9.17, 15) is 0 Å². The van der Waals surface area contributed by atoms with Gasteiger partial charge in [-0.2, -0.15) is 0 Å². The Hall–Kier alpha value is -2.36. The molecule has 1 aliphatic heterocycles. The molecule has 0 bridgehead atoms. The van der Waals surface area contributed by atoms with E-state index < -0.39 is 0 Å². The lowest BCUT2D eigenvalue weighted by Crippen LogP contribution is -2.33. The van der Waals surface area contributed by atoms with Gasteiger partial charge >= 0.3 is 0 Å². The van der Waals surface area contributed by atoms with Gasteiger partial charge in [0.05, 0.1) is 18.8 Å². The summed E-state index contributed by atoms with van der Waals surface area (Å²) in [6.45, 7) is 3.39. The molecule has 1 heterocycles. The van der Waals surface area contributed by atoms with Crippen molar-refractivity contribution in [3.8, 4) is 11.5 Å². The molecule has 0 fully saturated rings. The predicted molar refractivity (Wildman–Crippen MR) is 89.7 cm³/mol. The molecule has 22 heavy (non-hydrogen) atoms. The van der Waals surface area contributed by atoms with E-state index in [0.717, 1.165) is 62.0 Å². The number of fused-ring (bicyclic) bond motifs is 1. The summed E-state index contributed by atoms with van der Waals surface area (Å²) in [5.41, 5.74) is 7.77. The number of nitrogens with zero attached hydrogens (tertiary/aromatic N) is 1. The Balaban J connectivity index is 1.46. The van der Waals surface area contributed by atoms with Crippen LogP contribution in [0.4, 0.5) is 11.4 Å². The van der Waals surface area contributed by atoms with Gasteiger partial charge in [-0.25, -0.2) is 0 Å². The van der Waals surface area contributed by atoms with Crippen molar-refractivity contribution >= 4 is 11.4 Å². The van der Waals surface area contributed by atoms with Crippen molar-refractivity contribution in [2.24, 2.45) is 0 Å². The Morgan fingerprint density at radius 2 is 1.95 bits per heavy atom. The van der Waals surface area contributed by atoms with Gasteiger partial charge in [-0.1, -0.05) is 18.2 Å². The van der Waals surface area contributed by atoms with Gasteiger partial charge in [-0.15, -0.1) is 0 Å². The Kier molecular flexibility index (Phi) is 4.68. The van der Waals surface area contributed by atoms with Crippen LogP contribution >= 0.6 is 0 Å². The molecule has 116 valence electrons. The summed E-state index contributed by atoms with van der Waals surface area (Å²) in [6.07, 6.45) is 2.12. The third-order valence-corrected chi connectivity index (χ3v) is 3.78. The molecule has 0 unspecified atom stereocenters. The van der Waals surface area contributed by atoms with Crippen LogP contribution in [0.2, 0.25) is 0 Å². The fourth-order valence-corrected chi connectivity index (χ4v) is 2.63. The van der Waals surface area contributed by atoms with E-state index in [4.69, 9.17) is 15.2 Å². The molecule has 0 amide bonds. The highest BCUT2D eigenvalue weighted by Gasteiger charge is 2.17. The number of para-hydroxylation sites is 1. The maximum atomic E-state index is 5.88. The van der Waals surface area contributed by atoms with Crippen molar-refractivity contribution in [2.45, 2.75) is 12.8 Å². The van der Waals surface area contributed by atoms with Crippen molar-refractivity contribution in [3.63, 3.8) is 0 Å². The van der Waals surface area contributed by atoms with E-state index in [1.54, 1.807) is 0 Å². The second kappa shape index (κ2) is 7.07. The normalized spacial score (nSPS) is 13.4. The van der Waals surface area contributed by atoms with Gasteiger partial charge in [0.1, 0.15) is 18.1 Å². The Labute approximate surface area is 131 Å².